The van der Waals surface area contributed by atoms with Crippen LogP contribution in [0, 0.1) is 0 Å². The van der Waals surface area contributed by atoms with Crippen molar-refractivity contribution >= 4 is 22.3 Å². The molecular weight excluding hydrogens is 336 g/mol. The summed E-state index contributed by atoms with van der Waals surface area (Å²) in [6.45, 7) is -0.477. The maximum Gasteiger partial charge on any atom is 0.242 e. The Bertz CT molecular complexity index is 694. The molecule has 2 heterocycles. The number of aliphatic hydroxyl groups excluding tert-OH is 3. The van der Waals surface area contributed by atoms with Crippen molar-refractivity contribution in [1.29, 1.82) is 0 Å². The van der Waals surface area contributed by atoms with Gasteiger partial charge in [-0.25, -0.2) is 4.98 Å². The summed E-state index contributed by atoms with van der Waals surface area (Å²) >= 11 is 1.10. The Morgan fingerprint density at radius 3 is 2.71 bits per heavy atom. The van der Waals surface area contributed by atoms with Crippen molar-refractivity contribution in [2.45, 2.75) is 24.9 Å². The van der Waals surface area contributed by atoms with E-state index in [-0.39, 0.29) is 5.78 Å². The molecule has 0 amide bonds. The molecule has 0 bridgehead atoms. The number of nitrogens with one attached hydrogen (secondary N) is 1. The van der Waals surface area contributed by atoms with Crippen LogP contribution in [0.3, 0.4) is 0 Å². The minimum absolute atomic E-state index is 0.157. The number of anilines is 1. The van der Waals surface area contributed by atoms with Gasteiger partial charge in [-0.05, 0) is 0 Å². The van der Waals surface area contributed by atoms with E-state index in [0.29, 0.717) is 15.6 Å². The van der Waals surface area contributed by atoms with E-state index >= 15 is 0 Å². The summed E-state index contributed by atoms with van der Waals surface area (Å²) in [5, 5.41) is 31.4. The van der Waals surface area contributed by atoms with Crippen molar-refractivity contribution in [2.24, 2.45) is 0 Å². The van der Waals surface area contributed by atoms with Crippen LogP contribution in [-0.2, 0) is 9.47 Å². The number of nitrogens with zero attached hydrogens (tertiary/aromatic N) is 1. The van der Waals surface area contributed by atoms with Crippen molar-refractivity contribution in [3.8, 4) is 0 Å². The summed E-state index contributed by atoms with van der Waals surface area (Å²) in [6.07, 6.45) is -3.51. The van der Waals surface area contributed by atoms with E-state index in [2.05, 4.69) is 10.3 Å². The quantitative estimate of drug-likeness (QED) is 0.562. The lowest BCUT2D eigenvalue weighted by Crippen LogP contribution is -2.53. The predicted molar refractivity (Wildman–Crippen MR) is 84.5 cm³/mol. The lowest BCUT2D eigenvalue weighted by atomic mass is 10.1. The van der Waals surface area contributed by atoms with Gasteiger partial charge in [-0.2, -0.15) is 0 Å². The Labute approximate surface area is 141 Å². The van der Waals surface area contributed by atoms with Gasteiger partial charge in [-0.15, -0.1) is 0 Å². The number of hydrogen-bond acceptors (Lipinski definition) is 9. The van der Waals surface area contributed by atoms with Crippen LogP contribution in [0.2, 0.25) is 0 Å². The normalized spacial score (nSPS) is 27.0. The molecule has 1 fully saturated rings. The highest BCUT2D eigenvalue weighted by atomic mass is 32.1. The molecule has 9 heteroatoms. The first-order valence-electron chi connectivity index (χ1n) is 7.18. The number of ether oxygens (including phenoxy) is 2. The number of aliphatic hydroxyl groups is 3. The highest BCUT2D eigenvalue weighted by Crippen LogP contribution is 2.24. The van der Waals surface area contributed by atoms with Gasteiger partial charge in [0.05, 0.1) is 17.7 Å². The fraction of sp³-hybridized carbons (Fsp3) is 0.333. The molecule has 24 heavy (non-hydrogen) atoms. The first kappa shape index (κ1) is 17.0. The largest absolute Gasteiger partial charge is 0.394 e. The van der Waals surface area contributed by atoms with E-state index < -0.39 is 31.5 Å². The van der Waals surface area contributed by atoms with Crippen molar-refractivity contribution in [2.75, 3.05) is 11.9 Å². The van der Waals surface area contributed by atoms with E-state index in [1.807, 2.05) is 6.07 Å². The van der Waals surface area contributed by atoms with Gasteiger partial charge in [0, 0.05) is 5.56 Å². The van der Waals surface area contributed by atoms with Crippen LogP contribution >= 0.6 is 11.3 Å². The Balaban J connectivity index is 1.67. The summed E-state index contributed by atoms with van der Waals surface area (Å²) in [6, 6.07) is 8.81. The van der Waals surface area contributed by atoms with Gasteiger partial charge in [0.15, 0.2) is 11.4 Å². The number of carbonyl (C=O) groups excluding carboxylic acids is 1. The van der Waals surface area contributed by atoms with Gasteiger partial charge < -0.3 is 30.1 Å². The number of carbonyl (C=O) groups is 1. The van der Waals surface area contributed by atoms with Crippen LogP contribution < -0.4 is 5.32 Å². The van der Waals surface area contributed by atoms with E-state index in [0.717, 1.165) is 11.3 Å². The fourth-order valence-corrected chi connectivity index (χ4v) is 2.94. The Hall–Kier alpha value is -1.88. The molecule has 1 aliphatic rings. The smallest absolute Gasteiger partial charge is 0.242 e. The van der Waals surface area contributed by atoms with Crippen molar-refractivity contribution in [1.82, 2.24) is 4.98 Å². The highest BCUT2D eigenvalue weighted by molar-refractivity contribution is 7.17. The van der Waals surface area contributed by atoms with Gasteiger partial charge in [0.2, 0.25) is 12.2 Å². The zero-order chi connectivity index (χ0) is 17.1. The number of rotatable bonds is 5. The van der Waals surface area contributed by atoms with Crippen LogP contribution in [0.25, 0.3) is 0 Å². The number of thiazole rings is 1. The molecule has 3 rings (SSSR count). The molecule has 1 aromatic carbocycles. The standard InChI is InChI=1S/C15H16N2O6S/c18-7-9-12(20)13(21)23-15(22-9)17-14-16-6-10(24-14)11(19)8-4-2-1-3-5-8/h1-6,9,12-13,15,18,20-21H,7H2,(H,16,17)/t9?,12-,13?,15+/m1/s1. The third-order valence-corrected chi connectivity index (χ3v) is 4.35. The van der Waals surface area contributed by atoms with Gasteiger partial charge in [-0.3, -0.25) is 4.79 Å². The zero-order valence-corrected chi connectivity index (χ0v) is 13.2. The van der Waals surface area contributed by atoms with E-state index in [1.54, 1.807) is 24.3 Å². The summed E-state index contributed by atoms with van der Waals surface area (Å²) in [5.74, 6) is -0.157. The summed E-state index contributed by atoms with van der Waals surface area (Å²) in [7, 11) is 0. The highest BCUT2D eigenvalue weighted by Gasteiger charge is 2.37. The molecule has 2 unspecified atom stereocenters. The molecule has 2 aromatic rings. The van der Waals surface area contributed by atoms with Crippen LogP contribution in [0.5, 0.6) is 0 Å². The Kier molecular flexibility index (Phi) is 5.19. The molecule has 1 saturated heterocycles. The molecular formula is C15H16N2O6S. The lowest BCUT2D eigenvalue weighted by molar-refractivity contribution is -0.328. The van der Waals surface area contributed by atoms with E-state index in [9.17, 15) is 15.0 Å². The molecule has 8 nitrogen and oxygen atoms in total. The molecule has 0 saturated carbocycles. The van der Waals surface area contributed by atoms with Gasteiger partial charge in [-0.1, -0.05) is 41.7 Å². The monoisotopic (exact) mass is 352 g/mol. The molecule has 1 aliphatic heterocycles. The van der Waals surface area contributed by atoms with Crippen LogP contribution in [0.4, 0.5) is 5.13 Å². The first-order valence-corrected chi connectivity index (χ1v) is 8.00. The number of ketones is 1. The second kappa shape index (κ2) is 7.34. The van der Waals surface area contributed by atoms with Crippen LogP contribution in [-0.4, -0.2) is 57.6 Å². The molecule has 128 valence electrons. The lowest BCUT2D eigenvalue weighted by Gasteiger charge is -2.36. The van der Waals surface area contributed by atoms with Gasteiger partial charge in [0.25, 0.3) is 0 Å². The number of benzene rings is 1. The number of hydrogen-bond donors (Lipinski definition) is 4. The van der Waals surface area contributed by atoms with E-state index in [1.165, 1.54) is 6.20 Å². The second-order valence-electron chi connectivity index (χ2n) is 5.08. The molecule has 1 aromatic heterocycles. The summed E-state index contributed by atoms with van der Waals surface area (Å²) in [5.41, 5.74) is 0.553. The van der Waals surface area contributed by atoms with Gasteiger partial charge >= 0.3 is 0 Å². The average molecular weight is 352 g/mol. The Morgan fingerprint density at radius 1 is 1.25 bits per heavy atom. The maximum atomic E-state index is 12.3. The first-order chi connectivity index (χ1) is 11.6. The SMILES string of the molecule is O=C(c1ccccc1)c1cnc(N[C@@H]2OC(O)[C@H](O)C(CO)O2)s1. The summed E-state index contributed by atoms with van der Waals surface area (Å²) in [4.78, 5) is 16.8. The fourth-order valence-electron chi connectivity index (χ4n) is 2.16. The van der Waals surface area contributed by atoms with Crippen molar-refractivity contribution in [3.05, 3.63) is 47.0 Å². The minimum Gasteiger partial charge on any atom is -0.394 e. The topological polar surface area (TPSA) is 121 Å². The van der Waals surface area contributed by atoms with Crippen LogP contribution in [0.1, 0.15) is 15.2 Å². The van der Waals surface area contributed by atoms with Gasteiger partial charge in [0.1, 0.15) is 12.2 Å². The summed E-state index contributed by atoms with van der Waals surface area (Å²) < 4.78 is 10.3. The van der Waals surface area contributed by atoms with Crippen molar-refractivity contribution in [3.63, 3.8) is 0 Å². The molecule has 4 atom stereocenters. The third kappa shape index (κ3) is 3.61. The predicted octanol–water partition coefficient (Wildman–Crippen LogP) is 0.157. The molecule has 0 radical (unpaired) electrons. The van der Waals surface area contributed by atoms with Crippen molar-refractivity contribution < 1.29 is 29.6 Å². The minimum atomic E-state index is -1.50. The van der Waals surface area contributed by atoms with Crippen LogP contribution in [0.15, 0.2) is 36.5 Å². The number of aromatic nitrogens is 1. The third-order valence-electron chi connectivity index (χ3n) is 3.42. The zero-order valence-electron chi connectivity index (χ0n) is 12.4. The maximum absolute atomic E-state index is 12.3. The molecule has 4 N–H and O–H groups in total. The molecule has 0 aliphatic carbocycles. The molecule has 0 spiro atoms. The Morgan fingerprint density at radius 2 is 2.00 bits per heavy atom. The van der Waals surface area contributed by atoms with E-state index in [4.69, 9.17) is 14.6 Å². The second-order valence-corrected chi connectivity index (χ2v) is 6.11. The average Bonchev–Trinajstić information content (AvgIpc) is 3.06.